The smallest absolute Gasteiger partial charge is 0.273 e. The van der Waals surface area contributed by atoms with Crippen molar-refractivity contribution >= 4 is 29.1 Å². The van der Waals surface area contributed by atoms with Crippen LogP contribution in [0.4, 0.5) is 11.6 Å². The molecule has 0 radical (unpaired) electrons. The minimum atomic E-state index is -0.414. The molecule has 1 aromatic heterocycles. The number of likely N-dealkylation sites (N-methyl/N-ethyl adjacent to an activating group) is 1. The molecule has 0 bridgehead atoms. The molecule has 1 aromatic rings. The third kappa shape index (κ3) is 4.22. The number of nitrogens with zero attached hydrogens (tertiary/aromatic N) is 2. The van der Waals surface area contributed by atoms with Crippen LogP contribution >= 0.6 is 11.6 Å². The Kier molecular flexibility index (Phi) is 5.78. The predicted molar refractivity (Wildman–Crippen MR) is 76.0 cm³/mol. The Morgan fingerprint density at radius 1 is 1.32 bits per heavy atom. The Hall–Kier alpha value is -1.60. The quantitative estimate of drug-likeness (QED) is 0.601. The molecule has 8 heteroatoms. The van der Waals surface area contributed by atoms with Crippen molar-refractivity contribution in [3.63, 3.8) is 0 Å². The van der Waals surface area contributed by atoms with Gasteiger partial charge in [0.05, 0.1) is 0 Å². The van der Waals surface area contributed by atoms with Crippen molar-refractivity contribution in [2.75, 3.05) is 24.6 Å². The number of hydrogen-bond donors (Lipinski definition) is 4. The average Bonchev–Trinajstić information content (AvgIpc) is 2.38. The van der Waals surface area contributed by atoms with E-state index in [9.17, 15) is 4.79 Å². The number of carbonyl (C=O) groups excluding carboxylic acids is 1. The van der Waals surface area contributed by atoms with Crippen molar-refractivity contribution in [2.24, 2.45) is 0 Å². The molecule has 0 aliphatic rings. The fourth-order valence-electron chi connectivity index (χ4n) is 1.56. The number of carbonyl (C=O) groups is 1. The van der Waals surface area contributed by atoms with Crippen molar-refractivity contribution in [3.8, 4) is 0 Å². The van der Waals surface area contributed by atoms with E-state index in [0.29, 0.717) is 6.54 Å². The summed E-state index contributed by atoms with van der Waals surface area (Å²) in [6.07, 6.45) is 0.901. The summed E-state index contributed by atoms with van der Waals surface area (Å²) >= 11 is 5.72. The summed E-state index contributed by atoms with van der Waals surface area (Å²) in [6, 6.07) is 0.201. The van der Waals surface area contributed by atoms with Crippen molar-refractivity contribution in [2.45, 2.75) is 26.3 Å². The summed E-state index contributed by atoms with van der Waals surface area (Å²) in [6.45, 7) is 5.36. The Labute approximate surface area is 117 Å². The molecule has 1 heterocycles. The average molecular weight is 287 g/mol. The van der Waals surface area contributed by atoms with Gasteiger partial charge in [-0.05, 0) is 13.0 Å². The molecule has 0 aromatic carbocycles. The first-order valence-corrected chi connectivity index (χ1v) is 6.47. The van der Waals surface area contributed by atoms with Gasteiger partial charge in [0.25, 0.3) is 5.91 Å². The topological polar surface area (TPSA) is 119 Å². The number of nitrogens with one attached hydrogen (secondary N) is 2. The Bertz CT molecular complexity index is 453. The zero-order valence-corrected chi connectivity index (χ0v) is 11.8. The van der Waals surface area contributed by atoms with Crippen molar-refractivity contribution in [3.05, 3.63) is 10.8 Å². The SMILES string of the molecule is CCNC(CC)CNC(=O)c1nc(Cl)c(N)nc1N. The number of nitrogen functional groups attached to an aromatic ring is 2. The van der Waals surface area contributed by atoms with E-state index < -0.39 is 5.91 Å². The molecule has 0 fully saturated rings. The molecule has 0 aliphatic heterocycles. The molecule has 1 rings (SSSR count). The number of rotatable bonds is 6. The van der Waals surface area contributed by atoms with Crippen LogP contribution in [0.3, 0.4) is 0 Å². The number of hydrogen-bond acceptors (Lipinski definition) is 6. The van der Waals surface area contributed by atoms with Gasteiger partial charge in [-0.25, -0.2) is 9.97 Å². The van der Waals surface area contributed by atoms with Crippen LogP contribution in [0.25, 0.3) is 0 Å². The van der Waals surface area contributed by atoms with E-state index >= 15 is 0 Å². The van der Waals surface area contributed by atoms with Crippen molar-refractivity contribution in [1.29, 1.82) is 0 Å². The Morgan fingerprint density at radius 2 is 2.00 bits per heavy atom. The van der Waals surface area contributed by atoms with Gasteiger partial charge >= 0.3 is 0 Å². The second-order valence-electron chi connectivity index (χ2n) is 4.01. The lowest BCUT2D eigenvalue weighted by atomic mass is 10.2. The minimum absolute atomic E-state index is 0.00875. The van der Waals surface area contributed by atoms with Gasteiger partial charge in [-0.2, -0.15) is 0 Å². The molecule has 0 saturated heterocycles. The van der Waals surface area contributed by atoms with Gasteiger partial charge in [-0.3, -0.25) is 4.79 Å². The monoisotopic (exact) mass is 286 g/mol. The van der Waals surface area contributed by atoms with Crippen LogP contribution in [0.1, 0.15) is 30.8 Å². The molecule has 7 nitrogen and oxygen atoms in total. The predicted octanol–water partition coefficient (Wildman–Crippen LogP) is 0.412. The van der Waals surface area contributed by atoms with Crippen LogP contribution in [0, 0.1) is 0 Å². The maximum absolute atomic E-state index is 11.9. The summed E-state index contributed by atoms with van der Waals surface area (Å²) in [5, 5.41) is 5.96. The van der Waals surface area contributed by atoms with Gasteiger partial charge in [0.1, 0.15) is 0 Å². The van der Waals surface area contributed by atoms with Gasteiger partial charge in [-0.1, -0.05) is 25.4 Å². The molecule has 1 atom stereocenters. The highest BCUT2D eigenvalue weighted by molar-refractivity contribution is 6.31. The number of aromatic nitrogens is 2. The van der Waals surface area contributed by atoms with Crippen molar-refractivity contribution in [1.82, 2.24) is 20.6 Å². The van der Waals surface area contributed by atoms with Crippen molar-refractivity contribution < 1.29 is 4.79 Å². The van der Waals surface area contributed by atoms with Crippen LogP contribution in [0.2, 0.25) is 5.15 Å². The molecule has 1 amide bonds. The second kappa shape index (κ2) is 7.10. The summed E-state index contributed by atoms with van der Waals surface area (Å²) in [4.78, 5) is 19.5. The zero-order valence-electron chi connectivity index (χ0n) is 11.0. The molecular weight excluding hydrogens is 268 g/mol. The molecule has 1 unspecified atom stereocenters. The minimum Gasteiger partial charge on any atom is -0.382 e. The van der Waals surface area contributed by atoms with Gasteiger partial charge < -0.3 is 22.1 Å². The first-order valence-electron chi connectivity index (χ1n) is 6.09. The lowest BCUT2D eigenvalue weighted by molar-refractivity contribution is 0.0945. The van der Waals surface area contributed by atoms with E-state index in [1.54, 1.807) is 0 Å². The van der Waals surface area contributed by atoms with Crippen LogP contribution in [0.5, 0.6) is 0 Å². The second-order valence-corrected chi connectivity index (χ2v) is 4.36. The van der Waals surface area contributed by atoms with E-state index in [1.165, 1.54) is 0 Å². The number of anilines is 2. The normalized spacial score (nSPS) is 12.2. The molecule has 0 spiro atoms. The highest BCUT2D eigenvalue weighted by atomic mass is 35.5. The molecule has 0 aliphatic carbocycles. The van der Waals surface area contributed by atoms with Gasteiger partial charge in [0.15, 0.2) is 22.5 Å². The molecule has 6 N–H and O–H groups in total. The zero-order chi connectivity index (χ0) is 14.4. The van der Waals surface area contributed by atoms with Gasteiger partial charge in [0, 0.05) is 12.6 Å². The third-order valence-corrected chi connectivity index (χ3v) is 2.89. The Morgan fingerprint density at radius 3 is 2.58 bits per heavy atom. The van der Waals surface area contributed by atoms with Crippen LogP contribution in [-0.2, 0) is 0 Å². The summed E-state index contributed by atoms with van der Waals surface area (Å²) in [5.74, 6) is -0.436. The lowest BCUT2D eigenvalue weighted by Crippen LogP contribution is -2.40. The van der Waals surface area contributed by atoms with Crippen LogP contribution < -0.4 is 22.1 Å². The maximum Gasteiger partial charge on any atom is 0.273 e. The number of amides is 1. The van der Waals surface area contributed by atoms with E-state index in [-0.39, 0.29) is 28.5 Å². The highest BCUT2D eigenvalue weighted by Crippen LogP contribution is 2.17. The van der Waals surface area contributed by atoms with E-state index in [0.717, 1.165) is 13.0 Å². The molecule has 106 valence electrons. The molecular formula is C11H19ClN6O. The summed E-state index contributed by atoms with van der Waals surface area (Å²) in [7, 11) is 0. The third-order valence-electron chi connectivity index (χ3n) is 2.61. The van der Waals surface area contributed by atoms with Crippen LogP contribution in [0.15, 0.2) is 0 Å². The van der Waals surface area contributed by atoms with E-state index in [4.69, 9.17) is 23.1 Å². The van der Waals surface area contributed by atoms with Gasteiger partial charge in [0.2, 0.25) is 0 Å². The standard InChI is InChI=1S/C11H19ClN6O/c1-3-6(15-4-2)5-16-11(19)7-9(13)18-10(14)8(12)17-7/h6,15H,3-5H2,1-2H3,(H,16,19)(H4,13,14,18). The molecule has 19 heavy (non-hydrogen) atoms. The lowest BCUT2D eigenvalue weighted by Gasteiger charge is -2.16. The largest absolute Gasteiger partial charge is 0.382 e. The summed E-state index contributed by atoms with van der Waals surface area (Å²) < 4.78 is 0. The van der Waals surface area contributed by atoms with E-state index in [2.05, 4.69) is 20.6 Å². The fraction of sp³-hybridized carbons (Fsp3) is 0.545. The van der Waals surface area contributed by atoms with Gasteiger partial charge in [-0.15, -0.1) is 0 Å². The summed E-state index contributed by atoms with van der Waals surface area (Å²) in [5.41, 5.74) is 11.0. The van der Waals surface area contributed by atoms with Crippen LogP contribution in [-0.4, -0.2) is 35.0 Å². The molecule has 0 saturated carbocycles. The number of halogens is 1. The number of nitrogens with two attached hydrogens (primary N) is 2. The first-order chi connectivity index (χ1) is 8.99. The maximum atomic E-state index is 11.9. The van der Waals surface area contributed by atoms with E-state index in [1.807, 2.05) is 13.8 Å². The fourth-order valence-corrected chi connectivity index (χ4v) is 1.68. The first kappa shape index (κ1) is 15.5. The Balaban J connectivity index is 2.70. The highest BCUT2D eigenvalue weighted by Gasteiger charge is 2.16.